The first kappa shape index (κ1) is 9.55. The molecule has 0 fully saturated rings. The summed E-state index contributed by atoms with van der Waals surface area (Å²) in [5.74, 6) is -1.64. The molecule has 0 amide bonds. The molecule has 0 aliphatic carbocycles. The second-order valence-corrected chi connectivity index (χ2v) is 3.31. The van der Waals surface area contributed by atoms with E-state index in [0.717, 1.165) is 5.56 Å². The average Bonchev–Trinajstić information content (AvgIpc) is 2.19. The summed E-state index contributed by atoms with van der Waals surface area (Å²) in [7, 11) is 0. The van der Waals surface area contributed by atoms with Crippen molar-refractivity contribution < 1.29 is 13.5 Å². The number of ether oxygens (including phenoxy) is 1. The molecule has 1 heterocycles. The van der Waals surface area contributed by atoms with E-state index in [0.29, 0.717) is 18.6 Å². The summed E-state index contributed by atoms with van der Waals surface area (Å²) in [5.41, 5.74) is 6.94. The summed E-state index contributed by atoms with van der Waals surface area (Å²) >= 11 is 0. The highest BCUT2D eigenvalue weighted by atomic mass is 19.2. The minimum Gasteiger partial charge on any atom is -0.372 e. The van der Waals surface area contributed by atoms with E-state index in [1.54, 1.807) is 0 Å². The molecule has 2 nitrogen and oxygen atoms in total. The molecule has 0 radical (unpaired) electrons. The van der Waals surface area contributed by atoms with Crippen molar-refractivity contribution in [1.29, 1.82) is 0 Å². The molecule has 0 saturated carbocycles. The largest absolute Gasteiger partial charge is 0.372 e. The lowest BCUT2D eigenvalue weighted by atomic mass is 9.97. The van der Waals surface area contributed by atoms with Crippen molar-refractivity contribution in [3.05, 3.63) is 34.9 Å². The molecule has 0 spiro atoms. The highest BCUT2D eigenvalue weighted by Crippen LogP contribution is 2.28. The molecule has 76 valence electrons. The summed E-state index contributed by atoms with van der Waals surface area (Å²) < 4.78 is 31.2. The van der Waals surface area contributed by atoms with Gasteiger partial charge in [-0.25, -0.2) is 8.78 Å². The van der Waals surface area contributed by atoms with Gasteiger partial charge in [-0.3, -0.25) is 0 Å². The fraction of sp³-hybridized carbons (Fsp3) is 0.400. The third kappa shape index (κ3) is 1.51. The van der Waals surface area contributed by atoms with Gasteiger partial charge < -0.3 is 10.5 Å². The fourth-order valence-corrected chi connectivity index (χ4v) is 1.72. The second kappa shape index (κ2) is 3.63. The van der Waals surface area contributed by atoms with Gasteiger partial charge in [-0.2, -0.15) is 0 Å². The first-order valence-corrected chi connectivity index (χ1v) is 4.52. The fourth-order valence-electron chi connectivity index (χ4n) is 1.72. The summed E-state index contributed by atoms with van der Waals surface area (Å²) in [6, 6.07) is 2.41. The Morgan fingerprint density at radius 1 is 1.36 bits per heavy atom. The quantitative estimate of drug-likeness (QED) is 0.744. The molecule has 4 heteroatoms. The van der Waals surface area contributed by atoms with Crippen molar-refractivity contribution in [2.75, 3.05) is 13.2 Å². The zero-order valence-corrected chi connectivity index (χ0v) is 7.59. The van der Waals surface area contributed by atoms with Gasteiger partial charge in [-0.15, -0.1) is 0 Å². The number of hydrogen-bond acceptors (Lipinski definition) is 2. The Labute approximate surface area is 80.7 Å². The number of nitrogens with two attached hydrogens (primary N) is 1. The normalized spacial score (nSPS) is 20.6. The van der Waals surface area contributed by atoms with Gasteiger partial charge in [0.2, 0.25) is 0 Å². The minimum absolute atomic E-state index is 0.290. The Hall–Kier alpha value is -1.00. The molecular weight excluding hydrogens is 188 g/mol. The smallest absolute Gasteiger partial charge is 0.159 e. The summed E-state index contributed by atoms with van der Waals surface area (Å²) in [6.45, 7) is 0.804. The van der Waals surface area contributed by atoms with Gasteiger partial charge in [0.1, 0.15) is 0 Å². The Morgan fingerprint density at radius 2 is 2.07 bits per heavy atom. The Morgan fingerprint density at radius 3 is 2.79 bits per heavy atom. The van der Waals surface area contributed by atoms with E-state index in [1.807, 2.05) is 0 Å². The van der Waals surface area contributed by atoms with E-state index >= 15 is 0 Å². The SMILES string of the molecule is NC[C@@H]1OCCc2cc(F)c(F)cc21. The lowest BCUT2D eigenvalue weighted by Gasteiger charge is -2.24. The molecule has 0 unspecified atom stereocenters. The van der Waals surface area contributed by atoms with Gasteiger partial charge in [-0.05, 0) is 29.7 Å². The molecule has 0 bridgehead atoms. The molecular formula is C10H11F2NO. The van der Waals surface area contributed by atoms with Crippen molar-refractivity contribution in [2.24, 2.45) is 5.73 Å². The minimum atomic E-state index is -0.840. The van der Waals surface area contributed by atoms with Crippen LogP contribution < -0.4 is 5.73 Å². The number of benzene rings is 1. The average molecular weight is 199 g/mol. The summed E-state index contributed by atoms with van der Waals surface area (Å²) in [4.78, 5) is 0. The van der Waals surface area contributed by atoms with Crippen LogP contribution >= 0.6 is 0 Å². The van der Waals surface area contributed by atoms with Gasteiger partial charge in [0, 0.05) is 6.54 Å². The van der Waals surface area contributed by atoms with E-state index in [4.69, 9.17) is 10.5 Å². The number of halogens is 2. The van der Waals surface area contributed by atoms with Crippen molar-refractivity contribution >= 4 is 0 Å². The number of hydrogen-bond donors (Lipinski definition) is 1. The molecule has 1 atom stereocenters. The Balaban J connectivity index is 2.47. The Bertz CT molecular complexity index is 354. The third-order valence-corrected chi connectivity index (χ3v) is 2.43. The maximum absolute atomic E-state index is 12.9. The van der Waals surface area contributed by atoms with Crippen molar-refractivity contribution in [1.82, 2.24) is 0 Å². The first-order chi connectivity index (χ1) is 6.72. The van der Waals surface area contributed by atoms with Gasteiger partial charge in [0.05, 0.1) is 12.7 Å². The van der Waals surface area contributed by atoms with Crippen LogP contribution in [0.15, 0.2) is 12.1 Å². The van der Waals surface area contributed by atoms with E-state index < -0.39 is 11.6 Å². The van der Waals surface area contributed by atoms with Crippen molar-refractivity contribution in [3.8, 4) is 0 Å². The van der Waals surface area contributed by atoms with E-state index in [1.165, 1.54) is 12.1 Å². The molecule has 1 aromatic carbocycles. The van der Waals surface area contributed by atoms with Gasteiger partial charge in [0.15, 0.2) is 11.6 Å². The van der Waals surface area contributed by atoms with Gasteiger partial charge >= 0.3 is 0 Å². The van der Waals surface area contributed by atoms with Crippen LogP contribution in [0.2, 0.25) is 0 Å². The predicted octanol–water partition coefficient (Wildman–Crippen LogP) is 1.54. The van der Waals surface area contributed by atoms with Crippen LogP contribution in [-0.2, 0) is 11.2 Å². The van der Waals surface area contributed by atoms with E-state index in [9.17, 15) is 8.78 Å². The highest BCUT2D eigenvalue weighted by Gasteiger charge is 2.21. The van der Waals surface area contributed by atoms with Crippen LogP contribution in [0.5, 0.6) is 0 Å². The third-order valence-electron chi connectivity index (χ3n) is 2.43. The molecule has 2 N–H and O–H groups in total. The second-order valence-electron chi connectivity index (χ2n) is 3.31. The lowest BCUT2D eigenvalue weighted by Crippen LogP contribution is -2.23. The van der Waals surface area contributed by atoms with Crippen LogP contribution in [0.4, 0.5) is 8.78 Å². The van der Waals surface area contributed by atoms with Crippen LogP contribution in [0.1, 0.15) is 17.2 Å². The number of rotatable bonds is 1. The predicted molar refractivity (Wildman–Crippen MR) is 47.8 cm³/mol. The Kier molecular flexibility index (Phi) is 2.48. The van der Waals surface area contributed by atoms with Crippen LogP contribution in [0.3, 0.4) is 0 Å². The van der Waals surface area contributed by atoms with Crippen LogP contribution in [0.25, 0.3) is 0 Å². The highest BCUT2D eigenvalue weighted by molar-refractivity contribution is 5.32. The maximum atomic E-state index is 12.9. The zero-order valence-electron chi connectivity index (χ0n) is 7.59. The first-order valence-electron chi connectivity index (χ1n) is 4.52. The molecule has 1 aliphatic heterocycles. The molecule has 0 saturated heterocycles. The van der Waals surface area contributed by atoms with Gasteiger partial charge in [0.25, 0.3) is 0 Å². The maximum Gasteiger partial charge on any atom is 0.159 e. The van der Waals surface area contributed by atoms with Crippen LogP contribution in [0, 0.1) is 11.6 Å². The summed E-state index contributed by atoms with van der Waals surface area (Å²) in [5, 5.41) is 0. The molecule has 0 aromatic heterocycles. The van der Waals surface area contributed by atoms with Crippen molar-refractivity contribution in [3.63, 3.8) is 0 Å². The lowest BCUT2D eigenvalue weighted by molar-refractivity contribution is 0.0480. The summed E-state index contributed by atoms with van der Waals surface area (Å²) in [6.07, 6.45) is 0.317. The van der Waals surface area contributed by atoms with E-state index in [2.05, 4.69) is 0 Å². The monoisotopic (exact) mass is 199 g/mol. The topological polar surface area (TPSA) is 35.2 Å². The standard InChI is InChI=1S/C10H11F2NO/c11-8-3-6-1-2-14-10(5-13)7(6)4-9(8)12/h3-4,10H,1-2,5,13H2/t10-/m0/s1. The van der Waals surface area contributed by atoms with Crippen LogP contribution in [-0.4, -0.2) is 13.2 Å². The number of fused-ring (bicyclic) bond motifs is 1. The molecule has 1 aromatic rings. The zero-order chi connectivity index (χ0) is 10.1. The van der Waals surface area contributed by atoms with E-state index in [-0.39, 0.29) is 12.6 Å². The molecule has 14 heavy (non-hydrogen) atoms. The molecule has 2 rings (SSSR count). The van der Waals surface area contributed by atoms with Gasteiger partial charge in [-0.1, -0.05) is 0 Å². The van der Waals surface area contributed by atoms with Crippen molar-refractivity contribution in [2.45, 2.75) is 12.5 Å². The molecule has 1 aliphatic rings.